The van der Waals surface area contributed by atoms with Gasteiger partial charge in [0.2, 0.25) is 0 Å². The van der Waals surface area contributed by atoms with Gasteiger partial charge in [-0.15, -0.1) is 0 Å². The van der Waals surface area contributed by atoms with E-state index in [2.05, 4.69) is 36.3 Å². The van der Waals surface area contributed by atoms with Crippen molar-refractivity contribution in [1.29, 1.82) is 0 Å². The van der Waals surface area contributed by atoms with Crippen LogP contribution >= 0.6 is 0 Å². The van der Waals surface area contributed by atoms with E-state index >= 15 is 0 Å². The highest BCUT2D eigenvalue weighted by atomic mass is 16.5. The fraction of sp³-hybridized carbons (Fsp3) is 0.375. The van der Waals surface area contributed by atoms with Crippen molar-refractivity contribution in [2.75, 3.05) is 7.11 Å². The van der Waals surface area contributed by atoms with Crippen LogP contribution in [0.5, 0.6) is 0 Å². The Labute approximate surface area is 119 Å². The molecule has 0 aliphatic carbocycles. The van der Waals surface area contributed by atoms with Gasteiger partial charge < -0.3 is 4.74 Å². The van der Waals surface area contributed by atoms with Crippen molar-refractivity contribution in [3.05, 3.63) is 46.8 Å². The minimum absolute atomic E-state index is 0.188. The van der Waals surface area contributed by atoms with Gasteiger partial charge in [0.25, 0.3) is 0 Å². The minimum Gasteiger partial charge on any atom is -0.469 e. The maximum absolute atomic E-state index is 11.3. The molecule has 20 heavy (non-hydrogen) atoms. The largest absolute Gasteiger partial charge is 0.469 e. The Balaban J connectivity index is 2.28. The molecule has 0 spiro atoms. The van der Waals surface area contributed by atoms with Crippen molar-refractivity contribution in [2.45, 2.75) is 33.6 Å². The molecule has 106 valence electrons. The molecule has 0 amide bonds. The average Bonchev–Trinajstić information content (AvgIpc) is 2.72. The van der Waals surface area contributed by atoms with Crippen LogP contribution in [0.3, 0.4) is 0 Å². The van der Waals surface area contributed by atoms with E-state index < -0.39 is 0 Å². The monoisotopic (exact) mass is 272 g/mol. The lowest BCUT2D eigenvalue weighted by molar-refractivity contribution is -0.140. The molecule has 0 bridgehead atoms. The molecule has 0 unspecified atom stereocenters. The van der Waals surface area contributed by atoms with Crippen molar-refractivity contribution in [2.24, 2.45) is 0 Å². The molecule has 0 atom stereocenters. The second-order valence-electron chi connectivity index (χ2n) is 4.97. The topological polar surface area (TPSA) is 44.1 Å². The molecule has 1 aromatic heterocycles. The summed E-state index contributed by atoms with van der Waals surface area (Å²) in [4.78, 5) is 11.3. The van der Waals surface area contributed by atoms with Gasteiger partial charge in [0.15, 0.2) is 0 Å². The highest BCUT2D eigenvalue weighted by molar-refractivity contribution is 5.69. The van der Waals surface area contributed by atoms with Crippen LogP contribution < -0.4 is 0 Å². The standard InChI is InChI=1S/C16H20N2O2/c1-11-5-7-14(8-6-11)18-13(3)15(12(2)17-18)9-10-16(19)20-4/h5-8H,9-10H2,1-4H3. The molecule has 1 aromatic carbocycles. The Kier molecular flexibility index (Phi) is 4.23. The van der Waals surface area contributed by atoms with Crippen LogP contribution in [-0.4, -0.2) is 22.9 Å². The van der Waals surface area contributed by atoms with Gasteiger partial charge in [-0.1, -0.05) is 17.7 Å². The SMILES string of the molecule is COC(=O)CCc1c(C)nn(-c2ccc(C)cc2)c1C. The van der Waals surface area contributed by atoms with E-state index in [-0.39, 0.29) is 5.97 Å². The zero-order valence-electron chi connectivity index (χ0n) is 12.4. The summed E-state index contributed by atoms with van der Waals surface area (Å²) in [5.41, 5.74) is 5.43. The summed E-state index contributed by atoms with van der Waals surface area (Å²) in [5, 5.41) is 4.58. The van der Waals surface area contributed by atoms with Gasteiger partial charge in [0, 0.05) is 12.1 Å². The van der Waals surface area contributed by atoms with Gasteiger partial charge in [0.1, 0.15) is 0 Å². The first kappa shape index (κ1) is 14.3. The van der Waals surface area contributed by atoms with Gasteiger partial charge in [-0.3, -0.25) is 4.79 Å². The number of nitrogens with zero attached hydrogens (tertiary/aromatic N) is 2. The molecule has 0 saturated carbocycles. The number of carbonyl (C=O) groups is 1. The molecular formula is C16H20N2O2. The van der Waals surface area contributed by atoms with Gasteiger partial charge >= 0.3 is 5.97 Å². The summed E-state index contributed by atoms with van der Waals surface area (Å²) >= 11 is 0. The second-order valence-corrected chi connectivity index (χ2v) is 4.97. The first-order chi connectivity index (χ1) is 9.52. The fourth-order valence-corrected chi connectivity index (χ4v) is 2.30. The molecule has 2 rings (SSSR count). The van der Waals surface area contributed by atoms with Crippen LogP contribution in [0, 0.1) is 20.8 Å². The number of aromatic nitrogens is 2. The average molecular weight is 272 g/mol. The van der Waals surface area contributed by atoms with Crippen LogP contribution in [0.25, 0.3) is 5.69 Å². The molecule has 0 N–H and O–H groups in total. The van der Waals surface area contributed by atoms with E-state index in [1.807, 2.05) is 18.5 Å². The molecule has 0 radical (unpaired) electrons. The molecule has 4 heteroatoms. The van der Waals surface area contributed by atoms with Gasteiger partial charge in [-0.25, -0.2) is 4.68 Å². The Morgan fingerprint density at radius 3 is 2.45 bits per heavy atom. The van der Waals surface area contributed by atoms with Crippen LogP contribution in [0.15, 0.2) is 24.3 Å². The molecule has 0 aliphatic rings. The number of ether oxygens (including phenoxy) is 1. The van der Waals surface area contributed by atoms with Crippen LogP contribution in [0.1, 0.15) is 28.9 Å². The summed E-state index contributed by atoms with van der Waals surface area (Å²) in [7, 11) is 1.41. The number of aryl methyl sites for hydroxylation is 2. The Morgan fingerprint density at radius 2 is 1.85 bits per heavy atom. The summed E-state index contributed by atoms with van der Waals surface area (Å²) in [6.07, 6.45) is 1.05. The van der Waals surface area contributed by atoms with Crippen molar-refractivity contribution >= 4 is 5.97 Å². The van der Waals surface area contributed by atoms with E-state index in [0.29, 0.717) is 12.8 Å². The third-order valence-electron chi connectivity index (χ3n) is 3.53. The third-order valence-corrected chi connectivity index (χ3v) is 3.53. The number of esters is 1. The summed E-state index contributed by atoms with van der Waals surface area (Å²) in [6, 6.07) is 8.25. The van der Waals surface area contributed by atoms with Crippen molar-refractivity contribution < 1.29 is 9.53 Å². The quantitative estimate of drug-likeness (QED) is 0.804. The van der Waals surface area contributed by atoms with Crippen LogP contribution in [-0.2, 0) is 16.0 Å². The summed E-state index contributed by atoms with van der Waals surface area (Å²) < 4.78 is 6.62. The first-order valence-electron chi connectivity index (χ1n) is 6.72. The smallest absolute Gasteiger partial charge is 0.305 e. The Hall–Kier alpha value is -2.10. The number of methoxy groups -OCH3 is 1. The Morgan fingerprint density at radius 1 is 1.20 bits per heavy atom. The van der Waals surface area contributed by atoms with E-state index in [1.165, 1.54) is 12.7 Å². The lowest BCUT2D eigenvalue weighted by Gasteiger charge is -2.06. The van der Waals surface area contributed by atoms with Crippen molar-refractivity contribution in [3.63, 3.8) is 0 Å². The first-order valence-corrected chi connectivity index (χ1v) is 6.72. The molecule has 0 aliphatic heterocycles. The normalized spacial score (nSPS) is 10.6. The van der Waals surface area contributed by atoms with Crippen LogP contribution in [0.2, 0.25) is 0 Å². The molecule has 1 heterocycles. The minimum atomic E-state index is -0.188. The molecule has 4 nitrogen and oxygen atoms in total. The lowest BCUT2D eigenvalue weighted by Crippen LogP contribution is -2.03. The number of hydrogen-bond acceptors (Lipinski definition) is 3. The van der Waals surface area contributed by atoms with Gasteiger partial charge in [-0.05, 0) is 44.9 Å². The molecule has 0 fully saturated rings. The zero-order valence-corrected chi connectivity index (χ0v) is 12.4. The maximum Gasteiger partial charge on any atom is 0.305 e. The predicted molar refractivity (Wildman–Crippen MR) is 78.1 cm³/mol. The fourth-order valence-electron chi connectivity index (χ4n) is 2.30. The number of carbonyl (C=O) groups excluding carboxylic acids is 1. The maximum atomic E-state index is 11.3. The van der Waals surface area contributed by atoms with Crippen molar-refractivity contribution in [1.82, 2.24) is 9.78 Å². The van der Waals surface area contributed by atoms with Gasteiger partial charge in [-0.2, -0.15) is 5.10 Å². The molecular weight excluding hydrogens is 252 g/mol. The zero-order chi connectivity index (χ0) is 14.7. The summed E-state index contributed by atoms with van der Waals surface area (Å²) in [6.45, 7) is 6.07. The second kappa shape index (κ2) is 5.90. The molecule has 0 saturated heterocycles. The number of benzene rings is 1. The Bertz CT molecular complexity index is 612. The van der Waals surface area contributed by atoms with Crippen LogP contribution in [0.4, 0.5) is 0 Å². The number of hydrogen-bond donors (Lipinski definition) is 0. The molecule has 2 aromatic rings. The van der Waals surface area contributed by atoms with E-state index in [0.717, 1.165) is 22.6 Å². The number of rotatable bonds is 4. The summed E-state index contributed by atoms with van der Waals surface area (Å²) in [5.74, 6) is -0.188. The predicted octanol–water partition coefficient (Wildman–Crippen LogP) is 2.90. The van der Waals surface area contributed by atoms with Crippen molar-refractivity contribution in [3.8, 4) is 5.69 Å². The van der Waals surface area contributed by atoms with Gasteiger partial charge in [0.05, 0.1) is 18.5 Å². The van der Waals surface area contributed by atoms with E-state index in [9.17, 15) is 4.79 Å². The van der Waals surface area contributed by atoms with E-state index in [1.54, 1.807) is 0 Å². The highest BCUT2D eigenvalue weighted by Gasteiger charge is 2.14. The third kappa shape index (κ3) is 2.90. The lowest BCUT2D eigenvalue weighted by atomic mass is 10.1. The highest BCUT2D eigenvalue weighted by Crippen LogP contribution is 2.19. The van der Waals surface area contributed by atoms with E-state index in [4.69, 9.17) is 4.74 Å².